The molecule has 1 aromatic rings. The van der Waals surface area contributed by atoms with Crippen LogP contribution >= 0.6 is 0 Å². The minimum absolute atomic E-state index is 0.0298. The van der Waals surface area contributed by atoms with Gasteiger partial charge in [0.2, 0.25) is 15.9 Å². The van der Waals surface area contributed by atoms with Gasteiger partial charge < -0.3 is 11.5 Å². The SMILES string of the molecule is NCC#Cc1cc(F)ccc1S(=O)(=O)NCCCC(N)=O. The maximum absolute atomic E-state index is 13.2. The van der Waals surface area contributed by atoms with Crippen molar-refractivity contribution in [2.24, 2.45) is 11.5 Å². The zero-order valence-electron chi connectivity index (χ0n) is 11.2. The van der Waals surface area contributed by atoms with Gasteiger partial charge in [-0.2, -0.15) is 0 Å². The maximum Gasteiger partial charge on any atom is 0.241 e. The topological polar surface area (TPSA) is 115 Å². The Bertz CT molecular complexity index is 678. The number of nitrogens with one attached hydrogen (secondary N) is 1. The molecule has 0 aliphatic rings. The van der Waals surface area contributed by atoms with Gasteiger partial charge in [0.25, 0.3) is 0 Å². The summed E-state index contributed by atoms with van der Waals surface area (Å²) >= 11 is 0. The molecule has 0 aromatic heterocycles. The fourth-order valence-electron chi connectivity index (χ4n) is 1.53. The van der Waals surface area contributed by atoms with Crippen LogP contribution in [0.25, 0.3) is 0 Å². The molecular weight excluding hydrogens is 297 g/mol. The van der Waals surface area contributed by atoms with E-state index < -0.39 is 21.7 Å². The van der Waals surface area contributed by atoms with Gasteiger partial charge >= 0.3 is 0 Å². The van der Waals surface area contributed by atoms with Gasteiger partial charge in [-0.15, -0.1) is 0 Å². The number of sulfonamides is 1. The summed E-state index contributed by atoms with van der Waals surface area (Å²) in [4.78, 5) is 10.4. The summed E-state index contributed by atoms with van der Waals surface area (Å²) < 4.78 is 39.7. The molecule has 0 saturated heterocycles. The van der Waals surface area contributed by atoms with Gasteiger partial charge in [-0.05, 0) is 24.6 Å². The summed E-state index contributed by atoms with van der Waals surface area (Å²) in [7, 11) is -3.85. The van der Waals surface area contributed by atoms with E-state index >= 15 is 0 Å². The van der Waals surface area contributed by atoms with Crippen LogP contribution in [0.1, 0.15) is 18.4 Å². The molecule has 0 fully saturated rings. The summed E-state index contributed by atoms with van der Waals surface area (Å²) in [5, 5.41) is 0. The van der Waals surface area contributed by atoms with Crippen molar-refractivity contribution in [1.82, 2.24) is 4.72 Å². The van der Waals surface area contributed by atoms with Crippen LogP contribution in [0.15, 0.2) is 23.1 Å². The summed E-state index contributed by atoms with van der Waals surface area (Å²) in [5.41, 5.74) is 10.2. The summed E-state index contributed by atoms with van der Waals surface area (Å²) in [6, 6.07) is 3.19. The second kappa shape index (κ2) is 7.73. The first-order valence-electron chi connectivity index (χ1n) is 6.13. The largest absolute Gasteiger partial charge is 0.370 e. The number of hydrogen-bond donors (Lipinski definition) is 3. The lowest BCUT2D eigenvalue weighted by Crippen LogP contribution is -2.26. The zero-order valence-corrected chi connectivity index (χ0v) is 12.0. The average Bonchev–Trinajstić information content (AvgIpc) is 2.41. The van der Waals surface area contributed by atoms with Crippen molar-refractivity contribution in [2.75, 3.05) is 13.1 Å². The highest BCUT2D eigenvalue weighted by atomic mass is 32.2. The number of carbonyl (C=O) groups is 1. The molecule has 0 radical (unpaired) electrons. The minimum Gasteiger partial charge on any atom is -0.370 e. The van der Waals surface area contributed by atoms with Crippen LogP contribution in [-0.2, 0) is 14.8 Å². The standard InChI is InChI=1S/C13H16FN3O3S/c14-11-5-6-12(10(9-11)3-1-7-15)21(19,20)17-8-2-4-13(16)18/h5-6,9,17H,2,4,7-8,15H2,(H2,16,18). The molecule has 114 valence electrons. The molecule has 0 unspecified atom stereocenters. The third-order valence-corrected chi connectivity index (χ3v) is 3.97. The van der Waals surface area contributed by atoms with Gasteiger partial charge in [-0.3, -0.25) is 4.79 Å². The molecule has 8 heteroatoms. The highest BCUT2D eigenvalue weighted by Crippen LogP contribution is 2.16. The normalized spacial score (nSPS) is 10.8. The van der Waals surface area contributed by atoms with E-state index in [-0.39, 0.29) is 36.4 Å². The number of carbonyl (C=O) groups excluding carboxylic acids is 1. The van der Waals surface area contributed by atoms with Crippen LogP contribution in [0, 0.1) is 17.7 Å². The highest BCUT2D eigenvalue weighted by molar-refractivity contribution is 7.89. The quantitative estimate of drug-likeness (QED) is 0.493. The Morgan fingerprint density at radius 2 is 2.10 bits per heavy atom. The number of hydrogen-bond acceptors (Lipinski definition) is 4. The molecule has 1 rings (SSSR count). The van der Waals surface area contributed by atoms with Crippen molar-refractivity contribution in [2.45, 2.75) is 17.7 Å². The van der Waals surface area contributed by atoms with Gasteiger partial charge in [-0.25, -0.2) is 17.5 Å². The number of rotatable bonds is 6. The van der Waals surface area contributed by atoms with Gasteiger partial charge in [0.1, 0.15) is 5.82 Å². The fourth-order valence-corrected chi connectivity index (χ4v) is 2.74. The van der Waals surface area contributed by atoms with Crippen LogP contribution in [-0.4, -0.2) is 27.4 Å². The Morgan fingerprint density at radius 1 is 1.38 bits per heavy atom. The molecule has 0 atom stereocenters. The van der Waals surface area contributed by atoms with Crippen molar-refractivity contribution in [3.05, 3.63) is 29.6 Å². The molecule has 0 aliphatic heterocycles. The first kappa shape index (κ1) is 17.1. The first-order chi connectivity index (χ1) is 9.86. The molecular formula is C13H16FN3O3S. The van der Waals surface area contributed by atoms with Gasteiger partial charge in [0.15, 0.2) is 0 Å². The number of nitrogens with two attached hydrogens (primary N) is 2. The predicted octanol–water partition coefficient (Wildman–Crippen LogP) is -0.320. The van der Waals surface area contributed by atoms with E-state index in [1.54, 1.807) is 0 Å². The lowest BCUT2D eigenvalue weighted by molar-refractivity contribution is -0.118. The molecule has 0 aliphatic carbocycles. The maximum atomic E-state index is 13.2. The van der Waals surface area contributed by atoms with E-state index in [9.17, 15) is 17.6 Å². The van der Waals surface area contributed by atoms with Gasteiger partial charge in [0, 0.05) is 18.5 Å². The summed E-state index contributed by atoms with van der Waals surface area (Å²) in [6.07, 6.45) is 0.353. The number of primary amides is 1. The van der Waals surface area contributed by atoms with E-state index in [0.29, 0.717) is 0 Å². The Labute approximate surface area is 122 Å². The Balaban J connectivity index is 2.94. The smallest absolute Gasteiger partial charge is 0.241 e. The molecule has 0 saturated carbocycles. The number of halogens is 1. The molecule has 0 heterocycles. The minimum atomic E-state index is -3.85. The number of benzene rings is 1. The van der Waals surface area contributed by atoms with Crippen molar-refractivity contribution in [3.8, 4) is 11.8 Å². The summed E-state index contributed by atoms with van der Waals surface area (Å²) in [6.45, 7) is 0.0778. The molecule has 0 spiro atoms. The molecule has 1 amide bonds. The third kappa shape index (κ3) is 5.51. The van der Waals surface area contributed by atoms with E-state index in [1.807, 2.05) is 0 Å². The van der Waals surface area contributed by atoms with E-state index in [0.717, 1.165) is 18.2 Å². The first-order valence-corrected chi connectivity index (χ1v) is 7.61. The van der Waals surface area contributed by atoms with Crippen LogP contribution in [0.5, 0.6) is 0 Å². The Kier molecular flexibility index (Phi) is 6.30. The van der Waals surface area contributed by atoms with Crippen molar-refractivity contribution in [1.29, 1.82) is 0 Å². The van der Waals surface area contributed by atoms with Gasteiger partial charge in [-0.1, -0.05) is 11.8 Å². The second-order valence-corrected chi connectivity index (χ2v) is 5.85. The van der Waals surface area contributed by atoms with Crippen molar-refractivity contribution >= 4 is 15.9 Å². The zero-order chi connectivity index (χ0) is 15.9. The van der Waals surface area contributed by atoms with Crippen LogP contribution < -0.4 is 16.2 Å². The van der Waals surface area contributed by atoms with E-state index in [2.05, 4.69) is 16.6 Å². The van der Waals surface area contributed by atoms with Gasteiger partial charge in [0.05, 0.1) is 11.4 Å². The van der Waals surface area contributed by atoms with E-state index in [1.165, 1.54) is 0 Å². The molecule has 5 N–H and O–H groups in total. The second-order valence-electron chi connectivity index (χ2n) is 4.11. The lowest BCUT2D eigenvalue weighted by Gasteiger charge is -2.08. The predicted molar refractivity (Wildman–Crippen MR) is 75.9 cm³/mol. The molecule has 21 heavy (non-hydrogen) atoms. The van der Waals surface area contributed by atoms with Crippen molar-refractivity contribution < 1.29 is 17.6 Å². The van der Waals surface area contributed by atoms with Crippen molar-refractivity contribution in [3.63, 3.8) is 0 Å². The monoisotopic (exact) mass is 313 g/mol. The lowest BCUT2D eigenvalue weighted by atomic mass is 10.2. The highest BCUT2D eigenvalue weighted by Gasteiger charge is 2.17. The Hall–Kier alpha value is -1.95. The summed E-state index contributed by atoms with van der Waals surface area (Å²) in [5.74, 6) is 3.90. The molecule has 1 aromatic carbocycles. The average molecular weight is 313 g/mol. The van der Waals surface area contributed by atoms with Crippen LogP contribution in [0.2, 0.25) is 0 Å². The van der Waals surface area contributed by atoms with E-state index in [4.69, 9.17) is 11.5 Å². The third-order valence-electron chi connectivity index (χ3n) is 2.45. The Morgan fingerprint density at radius 3 is 2.71 bits per heavy atom. The molecule has 0 bridgehead atoms. The van der Waals surface area contributed by atoms with Crippen LogP contribution in [0.4, 0.5) is 4.39 Å². The molecule has 6 nitrogen and oxygen atoms in total. The van der Waals surface area contributed by atoms with Crippen LogP contribution in [0.3, 0.4) is 0 Å². The fraction of sp³-hybridized carbons (Fsp3) is 0.308. The number of amides is 1.